The van der Waals surface area contributed by atoms with Gasteiger partial charge in [-0.25, -0.2) is 14.8 Å². The standard InChI is InChI=1S/C15H25FN4/c1-15(12-17,11-13-3-5-14(16)6-4-13)18-20-9-7-19(2)8-10-20/h3-6,18H,7-12,17H2,1-2H3. The summed E-state index contributed by atoms with van der Waals surface area (Å²) >= 11 is 0. The minimum absolute atomic E-state index is 0.199. The van der Waals surface area contributed by atoms with Crippen molar-refractivity contribution < 1.29 is 4.39 Å². The number of hydrogen-bond donors (Lipinski definition) is 2. The summed E-state index contributed by atoms with van der Waals surface area (Å²) in [6, 6.07) is 6.66. The van der Waals surface area contributed by atoms with Gasteiger partial charge in [-0.05, 0) is 38.1 Å². The molecule has 1 aliphatic heterocycles. The van der Waals surface area contributed by atoms with E-state index in [0.717, 1.165) is 38.2 Å². The van der Waals surface area contributed by atoms with Crippen molar-refractivity contribution >= 4 is 0 Å². The van der Waals surface area contributed by atoms with Gasteiger partial charge in [0.25, 0.3) is 0 Å². The van der Waals surface area contributed by atoms with E-state index in [1.165, 1.54) is 12.1 Å². The topological polar surface area (TPSA) is 44.5 Å². The first-order valence-corrected chi connectivity index (χ1v) is 7.16. The Morgan fingerprint density at radius 2 is 1.80 bits per heavy atom. The van der Waals surface area contributed by atoms with Crippen LogP contribution in [0.1, 0.15) is 12.5 Å². The summed E-state index contributed by atoms with van der Waals surface area (Å²) in [5, 5.41) is 2.25. The van der Waals surface area contributed by atoms with Gasteiger partial charge in [-0.15, -0.1) is 0 Å². The molecule has 5 heteroatoms. The van der Waals surface area contributed by atoms with E-state index in [-0.39, 0.29) is 11.4 Å². The van der Waals surface area contributed by atoms with Crippen molar-refractivity contribution in [3.05, 3.63) is 35.6 Å². The van der Waals surface area contributed by atoms with Gasteiger partial charge in [-0.3, -0.25) is 0 Å². The second kappa shape index (κ2) is 6.63. The van der Waals surface area contributed by atoms with Gasteiger partial charge in [-0.2, -0.15) is 0 Å². The molecule has 1 aliphatic rings. The molecule has 0 radical (unpaired) electrons. The highest BCUT2D eigenvalue weighted by Crippen LogP contribution is 2.14. The number of nitrogens with one attached hydrogen (secondary N) is 1. The summed E-state index contributed by atoms with van der Waals surface area (Å²) in [7, 11) is 2.14. The molecule has 1 unspecified atom stereocenters. The molecule has 1 aromatic rings. The molecule has 0 aliphatic carbocycles. The minimum atomic E-state index is -0.201. The molecule has 1 atom stereocenters. The molecule has 2 rings (SSSR count). The second-order valence-corrected chi connectivity index (χ2v) is 5.97. The zero-order chi connectivity index (χ0) is 14.6. The van der Waals surface area contributed by atoms with Gasteiger partial charge in [-0.1, -0.05) is 12.1 Å². The maximum atomic E-state index is 13.0. The number of hydrogen-bond acceptors (Lipinski definition) is 4. The molecule has 1 fully saturated rings. The lowest BCUT2D eigenvalue weighted by molar-refractivity contribution is 0.0606. The fourth-order valence-corrected chi connectivity index (χ4v) is 2.51. The Morgan fingerprint density at radius 3 is 2.35 bits per heavy atom. The van der Waals surface area contributed by atoms with Crippen molar-refractivity contribution in [3.63, 3.8) is 0 Å². The lowest BCUT2D eigenvalue weighted by atomic mass is 9.93. The fraction of sp³-hybridized carbons (Fsp3) is 0.600. The average Bonchev–Trinajstić information content (AvgIpc) is 2.44. The summed E-state index contributed by atoms with van der Waals surface area (Å²) < 4.78 is 13.0. The van der Waals surface area contributed by atoms with Crippen molar-refractivity contribution in [2.24, 2.45) is 5.73 Å². The molecule has 0 spiro atoms. The highest BCUT2D eigenvalue weighted by Gasteiger charge is 2.26. The number of nitrogens with zero attached hydrogens (tertiary/aromatic N) is 2. The van der Waals surface area contributed by atoms with E-state index in [1.807, 2.05) is 12.1 Å². The van der Waals surface area contributed by atoms with Gasteiger partial charge < -0.3 is 10.6 Å². The monoisotopic (exact) mass is 280 g/mol. The summed E-state index contributed by atoms with van der Waals surface area (Å²) in [5.41, 5.74) is 10.4. The van der Waals surface area contributed by atoms with E-state index in [1.54, 1.807) is 0 Å². The predicted octanol–water partition coefficient (Wildman–Crippen LogP) is 0.838. The first-order chi connectivity index (χ1) is 9.50. The van der Waals surface area contributed by atoms with Gasteiger partial charge >= 0.3 is 0 Å². The summed E-state index contributed by atoms with van der Waals surface area (Å²) in [6.07, 6.45) is 0.788. The lowest BCUT2D eigenvalue weighted by Crippen LogP contribution is -2.61. The Labute approximate surface area is 120 Å². The largest absolute Gasteiger partial charge is 0.329 e. The van der Waals surface area contributed by atoms with Crippen LogP contribution in [0.25, 0.3) is 0 Å². The molecule has 20 heavy (non-hydrogen) atoms. The van der Waals surface area contributed by atoms with E-state index < -0.39 is 0 Å². The van der Waals surface area contributed by atoms with Crippen molar-refractivity contribution in [3.8, 4) is 0 Å². The van der Waals surface area contributed by atoms with Crippen molar-refractivity contribution in [1.82, 2.24) is 15.3 Å². The molecule has 0 amide bonds. The Bertz CT molecular complexity index is 414. The number of hydrazine groups is 1. The molecule has 3 N–H and O–H groups in total. The zero-order valence-corrected chi connectivity index (χ0v) is 12.4. The quantitative estimate of drug-likeness (QED) is 0.839. The zero-order valence-electron chi connectivity index (χ0n) is 12.4. The lowest BCUT2D eigenvalue weighted by Gasteiger charge is -2.40. The van der Waals surface area contributed by atoms with Crippen LogP contribution in [0.4, 0.5) is 4.39 Å². The number of rotatable bonds is 5. The smallest absolute Gasteiger partial charge is 0.123 e. The molecular formula is C15H25FN4. The van der Waals surface area contributed by atoms with E-state index in [4.69, 9.17) is 5.73 Å². The third-order valence-electron chi connectivity index (χ3n) is 3.89. The average molecular weight is 280 g/mol. The second-order valence-electron chi connectivity index (χ2n) is 5.97. The highest BCUT2D eigenvalue weighted by atomic mass is 19.1. The van der Waals surface area contributed by atoms with Crippen LogP contribution in [0.15, 0.2) is 24.3 Å². The van der Waals surface area contributed by atoms with Crippen LogP contribution in [0, 0.1) is 5.82 Å². The maximum absolute atomic E-state index is 13.0. The van der Waals surface area contributed by atoms with Gasteiger partial charge in [0.05, 0.1) is 0 Å². The molecular weight excluding hydrogens is 255 g/mol. The first kappa shape index (κ1) is 15.4. The van der Waals surface area contributed by atoms with E-state index in [0.29, 0.717) is 6.54 Å². The van der Waals surface area contributed by atoms with Crippen LogP contribution in [-0.4, -0.2) is 55.2 Å². The molecule has 1 aromatic carbocycles. The Morgan fingerprint density at radius 1 is 1.20 bits per heavy atom. The van der Waals surface area contributed by atoms with E-state index >= 15 is 0 Å². The van der Waals surface area contributed by atoms with E-state index in [9.17, 15) is 4.39 Å². The van der Waals surface area contributed by atoms with Crippen LogP contribution in [0.3, 0.4) is 0 Å². The molecule has 112 valence electrons. The molecule has 0 bridgehead atoms. The van der Waals surface area contributed by atoms with Crippen LogP contribution in [0.5, 0.6) is 0 Å². The molecule has 4 nitrogen and oxygen atoms in total. The number of benzene rings is 1. The predicted molar refractivity (Wildman–Crippen MR) is 79.8 cm³/mol. The normalized spacial score (nSPS) is 20.8. The maximum Gasteiger partial charge on any atom is 0.123 e. The molecule has 1 heterocycles. The number of nitrogens with two attached hydrogens (primary N) is 1. The van der Waals surface area contributed by atoms with Crippen molar-refractivity contribution in [2.45, 2.75) is 18.9 Å². The van der Waals surface area contributed by atoms with Crippen molar-refractivity contribution in [2.75, 3.05) is 39.8 Å². The van der Waals surface area contributed by atoms with Gasteiger partial charge in [0.2, 0.25) is 0 Å². The van der Waals surface area contributed by atoms with Crippen LogP contribution in [0.2, 0.25) is 0 Å². The number of halogens is 1. The number of likely N-dealkylation sites (N-methyl/N-ethyl adjacent to an activating group) is 1. The van der Waals surface area contributed by atoms with Crippen LogP contribution in [-0.2, 0) is 6.42 Å². The third kappa shape index (κ3) is 4.24. The molecule has 0 saturated carbocycles. The fourth-order valence-electron chi connectivity index (χ4n) is 2.51. The van der Waals surface area contributed by atoms with E-state index in [2.05, 4.69) is 29.3 Å². The van der Waals surface area contributed by atoms with Crippen LogP contribution < -0.4 is 11.2 Å². The van der Waals surface area contributed by atoms with Crippen molar-refractivity contribution in [1.29, 1.82) is 0 Å². The minimum Gasteiger partial charge on any atom is -0.329 e. The Balaban J connectivity index is 1.96. The third-order valence-corrected chi connectivity index (χ3v) is 3.89. The van der Waals surface area contributed by atoms with Gasteiger partial charge in [0.1, 0.15) is 5.82 Å². The first-order valence-electron chi connectivity index (χ1n) is 7.16. The van der Waals surface area contributed by atoms with Gasteiger partial charge in [0, 0.05) is 38.3 Å². The number of piperazine rings is 1. The van der Waals surface area contributed by atoms with Crippen LogP contribution >= 0.6 is 0 Å². The highest BCUT2D eigenvalue weighted by molar-refractivity contribution is 5.18. The van der Waals surface area contributed by atoms with Gasteiger partial charge in [0.15, 0.2) is 0 Å². The molecule has 1 saturated heterocycles. The Hall–Kier alpha value is -1.01. The summed E-state index contributed by atoms with van der Waals surface area (Å²) in [5.74, 6) is -0.199. The molecule has 0 aromatic heterocycles. The summed E-state index contributed by atoms with van der Waals surface area (Å²) in [4.78, 5) is 2.32. The Kier molecular flexibility index (Phi) is 5.10. The SMILES string of the molecule is CN1CCN(NC(C)(CN)Cc2ccc(F)cc2)CC1. The summed E-state index contributed by atoms with van der Waals surface area (Å²) in [6.45, 7) is 6.77.